The molecule has 3 atom stereocenters. The van der Waals surface area contributed by atoms with Gasteiger partial charge in [-0.2, -0.15) is 0 Å². The molecule has 4 aromatic rings. The average Bonchev–Trinajstić information content (AvgIpc) is 3.79. The molecule has 17 heteroatoms. The first-order valence-electron chi connectivity index (χ1n) is 19.9. The lowest BCUT2D eigenvalue weighted by Crippen LogP contribution is -2.54. The van der Waals surface area contributed by atoms with Crippen molar-refractivity contribution in [2.75, 3.05) is 44.6 Å². The summed E-state index contributed by atoms with van der Waals surface area (Å²) in [6.45, 7) is 11.4. The third-order valence-corrected chi connectivity index (χ3v) is 12.8. The minimum atomic E-state index is -1.05. The predicted molar refractivity (Wildman–Crippen MR) is 220 cm³/mol. The number of piperidine rings is 1. The summed E-state index contributed by atoms with van der Waals surface area (Å²) in [6.07, 6.45) is 1.78. The number of rotatable bonds is 12. The summed E-state index contributed by atoms with van der Waals surface area (Å²) in [5, 5.41) is 17.3. The summed E-state index contributed by atoms with van der Waals surface area (Å²) in [7, 11) is 0. The van der Waals surface area contributed by atoms with Gasteiger partial charge in [-0.1, -0.05) is 35.9 Å². The van der Waals surface area contributed by atoms with Crippen molar-refractivity contribution in [1.82, 2.24) is 40.3 Å². The molecule has 0 spiro atoms. The summed E-state index contributed by atoms with van der Waals surface area (Å²) in [6, 6.07) is 11.6. The van der Waals surface area contributed by atoms with Gasteiger partial charge in [-0.05, 0) is 58.2 Å². The molecule has 5 amide bonds. The quantitative estimate of drug-likeness (QED) is 0.108. The number of carbonyl (C=O) groups is 6. The topological polar surface area (TPSA) is 191 Å². The molecule has 0 saturated carbocycles. The van der Waals surface area contributed by atoms with Crippen molar-refractivity contribution in [3.8, 4) is 5.00 Å². The molecule has 0 radical (unpaired) electrons. The molecule has 2 fully saturated rings. The standard InChI is InChI=1S/C42H46N10O6S/c1-23-10-12-27(13-11-23)36-34-24(2)25(3)59-42(34)51-26(4)46-47-38(51)37(45-36)28(22-53)21-49-17-19-50(20-18-49)48-33(55)9-6-16-43-30-8-5-7-29-35(30)41(58)52(40(29)57)31-14-15-32(54)44-39(31)56/h5,7-8,10-13,22,28,31,37,43H,6,9,14-21H2,1-4H3,(H,48,55)(H,44,54,56)/t28?,31?,37-/m0/s1. The van der Waals surface area contributed by atoms with Crippen LogP contribution in [0.25, 0.3) is 5.00 Å². The number of hydrogen-bond acceptors (Lipinski definition) is 13. The van der Waals surface area contributed by atoms with Gasteiger partial charge in [0.2, 0.25) is 17.7 Å². The Balaban J connectivity index is 0.862. The van der Waals surface area contributed by atoms with Gasteiger partial charge >= 0.3 is 0 Å². The molecule has 0 aliphatic carbocycles. The van der Waals surface area contributed by atoms with Crippen LogP contribution in [0.15, 0.2) is 47.5 Å². The molecular formula is C42H46N10O6S. The number of imide groups is 2. The Morgan fingerprint density at radius 2 is 1.73 bits per heavy atom. The van der Waals surface area contributed by atoms with E-state index < -0.39 is 41.6 Å². The molecule has 2 saturated heterocycles. The number of aliphatic imine (C=N–C) groups is 1. The van der Waals surface area contributed by atoms with E-state index in [4.69, 9.17) is 4.99 Å². The van der Waals surface area contributed by atoms with Crippen LogP contribution >= 0.6 is 11.3 Å². The molecule has 4 aliphatic heterocycles. The van der Waals surface area contributed by atoms with Crippen molar-refractivity contribution in [2.45, 2.75) is 65.5 Å². The molecule has 8 rings (SSSR count). The van der Waals surface area contributed by atoms with Gasteiger partial charge in [-0.25, -0.2) is 5.01 Å². The number of aromatic nitrogens is 3. The normalized spacial score (nSPS) is 20.0. The number of thiophene rings is 1. The van der Waals surface area contributed by atoms with E-state index in [2.05, 4.69) is 80.8 Å². The molecule has 4 aliphatic rings. The predicted octanol–water partition coefficient (Wildman–Crippen LogP) is 3.21. The second kappa shape index (κ2) is 16.4. The van der Waals surface area contributed by atoms with Crippen molar-refractivity contribution in [1.29, 1.82) is 0 Å². The number of hydrogen-bond donors (Lipinski definition) is 3. The van der Waals surface area contributed by atoms with E-state index in [1.807, 2.05) is 11.9 Å². The fourth-order valence-corrected chi connectivity index (χ4v) is 9.48. The van der Waals surface area contributed by atoms with E-state index in [-0.39, 0.29) is 36.3 Å². The molecule has 2 aromatic carbocycles. The number of amides is 5. The van der Waals surface area contributed by atoms with Crippen LogP contribution in [0.5, 0.6) is 0 Å². The molecule has 6 heterocycles. The second-order valence-electron chi connectivity index (χ2n) is 15.5. The highest BCUT2D eigenvalue weighted by atomic mass is 32.1. The summed E-state index contributed by atoms with van der Waals surface area (Å²) >= 11 is 1.68. The maximum atomic E-state index is 13.4. The van der Waals surface area contributed by atoms with E-state index >= 15 is 0 Å². The molecule has 59 heavy (non-hydrogen) atoms. The van der Waals surface area contributed by atoms with Crippen molar-refractivity contribution in [3.63, 3.8) is 0 Å². The number of carbonyl (C=O) groups excluding carboxylic acids is 6. The van der Waals surface area contributed by atoms with Gasteiger partial charge in [0.15, 0.2) is 5.82 Å². The molecular weight excluding hydrogens is 773 g/mol. The number of aryl methyl sites for hydroxylation is 3. The van der Waals surface area contributed by atoms with Crippen molar-refractivity contribution in [3.05, 3.63) is 92.4 Å². The van der Waals surface area contributed by atoms with Gasteiger partial charge < -0.3 is 10.1 Å². The molecule has 0 bridgehead atoms. The fourth-order valence-electron chi connectivity index (χ4n) is 8.27. The second-order valence-corrected chi connectivity index (χ2v) is 16.7. The SMILES string of the molecule is Cc1ccc(C2=N[C@@H](C(C=O)CN3CCN(NC(=O)CCCNc4cccc5c4C(=O)N(C4CCC(=O)NC4=O)C5=O)CC3)c3nnc(C)n3-c3sc(C)c(C)c32)cc1. The molecule has 306 valence electrons. The summed E-state index contributed by atoms with van der Waals surface area (Å²) in [5.74, 6) is -1.51. The minimum Gasteiger partial charge on any atom is -0.384 e. The van der Waals surface area contributed by atoms with E-state index in [9.17, 15) is 28.8 Å². The zero-order valence-corrected chi connectivity index (χ0v) is 34.2. The molecule has 3 N–H and O–H groups in total. The van der Waals surface area contributed by atoms with Gasteiger partial charge in [-0.3, -0.25) is 54.1 Å². The van der Waals surface area contributed by atoms with Crippen LogP contribution in [0, 0.1) is 33.6 Å². The maximum Gasteiger partial charge on any atom is 0.264 e. The van der Waals surface area contributed by atoms with Crippen molar-refractivity contribution < 1.29 is 28.8 Å². The smallest absolute Gasteiger partial charge is 0.264 e. The van der Waals surface area contributed by atoms with Crippen molar-refractivity contribution >= 4 is 58.6 Å². The number of piperazine rings is 1. The van der Waals surface area contributed by atoms with Gasteiger partial charge in [0.05, 0.1) is 22.8 Å². The number of nitrogens with one attached hydrogen (secondary N) is 3. The van der Waals surface area contributed by atoms with Crippen LogP contribution in [-0.4, -0.2) is 116 Å². The number of anilines is 1. The van der Waals surface area contributed by atoms with Crippen LogP contribution in [-0.2, 0) is 19.2 Å². The Morgan fingerprint density at radius 1 is 0.966 bits per heavy atom. The Kier molecular flexibility index (Phi) is 11.1. The highest BCUT2D eigenvalue weighted by Gasteiger charge is 2.45. The highest BCUT2D eigenvalue weighted by Crippen LogP contribution is 2.41. The molecule has 2 unspecified atom stereocenters. The van der Waals surface area contributed by atoms with Crippen LogP contribution in [0.4, 0.5) is 5.69 Å². The molecule has 16 nitrogen and oxygen atoms in total. The maximum absolute atomic E-state index is 13.4. The number of hydrazine groups is 1. The van der Waals surface area contributed by atoms with Crippen LogP contribution in [0.2, 0.25) is 0 Å². The summed E-state index contributed by atoms with van der Waals surface area (Å²) < 4.78 is 2.07. The Morgan fingerprint density at radius 3 is 2.46 bits per heavy atom. The van der Waals surface area contributed by atoms with Gasteiger partial charge in [0.25, 0.3) is 11.8 Å². The monoisotopic (exact) mass is 818 g/mol. The Bertz CT molecular complexity index is 2400. The van der Waals surface area contributed by atoms with Gasteiger partial charge in [0, 0.05) is 73.8 Å². The number of nitrogens with zero attached hydrogens (tertiary/aromatic N) is 7. The third kappa shape index (κ3) is 7.61. The van der Waals surface area contributed by atoms with Crippen molar-refractivity contribution in [2.24, 2.45) is 10.9 Å². The first-order chi connectivity index (χ1) is 28.4. The van der Waals surface area contributed by atoms with Gasteiger partial charge in [-0.15, -0.1) is 21.5 Å². The highest BCUT2D eigenvalue weighted by molar-refractivity contribution is 7.15. The Hall–Kier alpha value is -5.91. The lowest BCUT2D eigenvalue weighted by molar-refractivity contribution is -0.136. The van der Waals surface area contributed by atoms with E-state index in [0.29, 0.717) is 57.2 Å². The first-order valence-corrected chi connectivity index (χ1v) is 20.7. The lowest BCUT2D eigenvalue weighted by Gasteiger charge is -2.36. The fraction of sp³-hybridized carbons (Fsp3) is 0.405. The van der Waals surface area contributed by atoms with Crippen LogP contribution < -0.4 is 16.1 Å². The van der Waals surface area contributed by atoms with Gasteiger partial charge in [0.1, 0.15) is 29.2 Å². The van der Waals surface area contributed by atoms with E-state index in [0.717, 1.165) is 50.0 Å². The van der Waals surface area contributed by atoms with Crippen LogP contribution in [0.1, 0.15) is 91.2 Å². The summed E-state index contributed by atoms with van der Waals surface area (Å²) in [5.41, 5.74) is 8.98. The minimum absolute atomic E-state index is 0.0431. The average molecular weight is 819 g/mol. The zero-order chi connectivity index (χ0) is 41.5. The third-order valence-electron chi connectivity index (χ3n) is 11.6. The number of benzene rings is 2. The summed E-state index contributed by atoms with van der Waals surface area (Å²) in [4.78, 5) is 86.3. The largest absolute Gasteiger partial charge is 0.384 e. The van der Waals surface area contributed by atoms with E-state index in [1.165, 1.54) is 4.88 Å². The Labute approximate surface area is 345 Å². The lowest BCUT2D eigenvalue weighted by atomic mass is 9.97. The first kappa shape index (κ1) is 39.9. The van der Waals surface area contributed by atoms with E-state index in [1.54, 1.807) is 29.5 Å². The zero-order valence-electron chi connectivity index (χ0n) is 33.4. The number of fused-ring (bicyclic) bond motifs is 4. The number of aldehydes is 1. The van der Waals surface area contributed by atoms with Crippen LogP contribution in [0.3, 0.4) is 0 Å². The molecule has 2 aromatic heterocycles.